The van der Waals surface area contributed by atoms with Gasteiger partial charge < -0.3 is 20.1 Å². The van der Waals surface area contributed by atoms with E-state index in [2.05, 4.69) is 15.4 Å². The number of benzene rings is 1. The minimum absolute atomic E-state index is 0.283. The third-order valence-corrected chi connectivity index (χ3v) is 2.45. The summed E-state index contributed by atoms with van der Waals surface area (Å²) in [5, 5.41) is 5.41. The molecule has 0 saturated carbocycles. The topological polar surface area (TPSA) is 59.6 Å². The third kappa shape index (κ3) is 6.84. The van der Waals surface area contributed by atoms with Crippen molar-refractivity contribution in [3.8, 4) is 5.75 Å². The second-order valence-electron chi connectivity index (χ2n) is 4.23. The Kier molecular flexibility index (Phi) is 6.29. The number of ether oxygens (including phenoxy) is 2. The minimum Gasteiger partial charge on any atom is -0.406 e. The number of methoxy groups -OCH3 is 1. The molecular formula is C13H17F3N2O3. The summed E-state index contributed by atoms with van der Waals surface area (Å²) < 4.78 is 45.0. The van der Waals surface area contributed by atoms with Gasteiger partial charge in [0.2, 0.25) is 5.91 Å². The molecule has 0 bridgehead atoms. The van der Waals surface area contributed by atoms with Crippen molar-refractivity contribution < 1.29 is 27.4 Å². The molecular weight excluding hydrogens is 289 g/mol. The molecule has 1 atom stereocenters. The zero-order valence-corrected chi connectivity index (χ0v) is 11.7. The van der Waals surface area contributed by atoms with Gasteiger partial charge in [0.05, 0.1) is 6.61 Å². The Hall–Kier alpha value is -1.96. The molecule has 1 aromatic carbocycles. The fourth-order valence-corrected chi connectivity index (χ4v) is 1.53. The number of amides is 1. The summed E-state index contributed by atoms with van der Waals surface area (Å²) in [6, 6.07) is 4.69. The number of carbonyl (C=O) groups is 1. The summed E-state index contributed by atoms with van der Waals surface area (Å²) in [5.74, 6) is -0.631. The van der Waals surface area contributed by atoms with Crippen LogP contribution in [0.5, 0.6) is 5.75 Å². The molecule has 118 valence electrons. The molecule has 0 aliphatic carbocycles. The molecule has 0 heterocycles. The van der Waals surface area contributed by atoms with E-state index in [0.717, 1.165) is 0 Å². The van der Waals surface area contributed by atoms with E-state index >= 15 is 0 Å². The molecule has 1 rings (SSSR count). The molecule has 0 aromatic heterocycles. The van der Waals surface area contributed by atoms with Gasteiger partial charge >= 0.3 is 6.36 Å². The van der Waals surface area contributed by atoms with Crippen LogP contribution >= 0.6 is 0 Å². The summed E-state index contributed by atoms with van der Waals surface area (Å²) >= 11 is 0. The second kappa shape index (κ2) is 7.72. The first kappa shape index (κ1) is 17.1. The smallest absolute Gasteiger partial charge is 0.406 e. The van der Waals surface area contributed by atoms with E-state index in [1.54, 1.807) is 13.0 Å². The number of anilines is 1. The molecule has 21 heavy (non-hydrogen) atoms. The maximum absolute atomic E-state index is 12.1. The Morgan fingerprint density at radius 3 is 2.71 bits per heavy atom. The average molecular weight is 306 g/mol. The Bertz CT molecular complexity index is 466. The van der Waals surface area contributed by atoms with Gasteiger partial charge in [-0.05, 0) is 19.1 Å². The van der Waals surface area contributed by atoms with Crippen molar-refractivity contribution in [1.29, 1.82) is 0 Å². The lowest BCUT2D eigenvalue weighted by molar-refractivity contribution is -0.274. The number of halogens is 3. The van der Waals surface area contributed by atoms with Crippen LogP contribution in [0.2, 0.25) is 0 Å². The summed E-state index contributed by atoms with van der Waals surface area (Å²) in [4.78, 5) is 11.7. The van der Waals surface area contributed by atoms with Crippen molar-refractivity contribution in [2.24, 2.45) is 0 Å². The van der Waals surface area contributed by atoms with Crippen LogP contribution < -0.4 is 15.4 Å². The quantitative estimate of drug-likeness (QED) is 0.758. The molecule has 0 saturated heterocycles. The number of hydrogen-bond acceptors (Lipinski definition) is 4. The summed E-state index contributed by atoms with van der Waals surface area (Å²) in [7, 11) is 1.51. The maximum atomic E-state index is 12.1. The van der Waals surface area contributed by atoms with Gasteiger partial charge in [-0.2, -0.15) is 0 Å². The van der Waals surface area contributed by atoms with Crippen LogP contribution in [0.15, 0.2) is 24.3 Å². The van der Waals surface area contributed by atoms with Gasteiger partial charge in [-0.25, -0.2) is 0 Å². The Labute approximate surface area is 120 Å². The van der Waals surface area contributed by atoms with E-state index in [4.69, 9.17) is 4.74 Å². The zero-order chi connectivity index (χ0) is 15.9. The van der Waals surface area contributed by atoms with Crippen molar-refractivity contribution in [2.45, 2.75) is 19.3 Å². The van der Waals surface area contributed by atoms with E-state index in [9.17, 15) is 18.0 Å². The van der Waals surface area contributed by atoms with E-state index in [0.29, 0.717) is 18.8 Å². The largest absolute Gasteiger partial charge is 0.573 e. The van der Waals surface area contributed by atoms with Gasteiger partial charge in [0.15, 0.2) is 0 Å². The highest BCUT2D eigenvalue weighted by atomic mass is 19.4. The minimum atomic E-state index is -4.75. The lowest BCUT2D eigenvalue weighted by Gasteiger charge is -2.16. The number of hydrogen-bond donors (Lipinski definition) is 2. The van der Waals surface area contributed by atoms with Crippen LogP contribution in [0.3, 0.4) is 0 Å². The van der Waals surface area contributed by atoms with Crippen molar-refractivity contribution in [3.63, 3.8) is 0 Å². The second-order valence-corrected chi connectivity index (χ2v) is 4.23. The Balaban J connectivity index is 2.57. The van der Waals surface area contributed by atoms with E-state index in [1.165, 1.54) is 25.3 Å². The molecule has 5 nitrogen and oxygen atoms in total. The molecule has 2 N–H and O–H groups in total. The van der Waals surface area contributed by atoms with Gasteiger partial charge in [-0.1, -0.05) is 6.07 Å². The van der Waals surface area contributed by atoms with Crippen molar-refractivity contribution in [2.75, 3.05) is 25.6 Å². The molecule has 1 amide bonds. The first-order chi connectivity index (χ1) is 9.81. The lowest BCUT2D eigenvalue weighted by atomic mass is 10.2. The highest BCUT2D eigenvalue weighted by Gasteiger charge is 2.31. The fraction of sp³-hybridized carbons (Fsp3) is 0.462. The molecule has 0 spiro atoms. The first-order valence-electron chi connectivity index (χ1n) is 6.21. The van der Waals surface area contributed by atoms with Crippen LogP contribution in [-0.4, -0.2) is 38.6 Å². The monoisotopic (exact) mass is 306 g/mol. The van der Waals surface area contributed by atoms with Crippen molar-refractivity contribution in [1.82, 2.24) is 5.32 Å². The van der Waals surface area contributed by atoms with Crippen LogP contribution in [0.25, 0.3) is 0 Å². The number of carbonyl (C=O) groups excluding carboxylic acids is 1. The van der Waals surface area contributed by atoms with Crippen molar-refractivity contribution in [3.05, 3.63) is 24.3 Å². The van der Waals surface area contributed by atoms with E-state index in [1.807, 2.05) is 0 Å². The first-order valence-corrected chi connectivity index (χ1v) is 6.21. The van der Waals surface area contributed by atoms with Crippen LogP contribution in [-0.2, 0) is 9.53 Å². The maximum Gasteiger partial charge on any atom is 0.573 e. The average Bonchev–Trinajstić information content (AvgIpc) is 2.37. The summed E-state index contributed by atoms with van der Waals surface area (Å²) in [5.41, 5.74) is 0.353. The number of rotatable bonds is 7. The predicted molar refractivity (Wildman–Crippen MR) is 71.1 cm³/mol. The van der Waals surface area contributed by atoms with Gasteiger partial charge in [0, 0.05) is 25.4 Å². The van der Waals surface area contributed by atoms with Crippen molar-refractivity contribution >= 4 is 11.6 Å². The normalized spacial score (nSPS) is 12.6. The molecule has 0 aliphatic heterocycles. The lowest BCUT2D eigenvalue weighted by Crippen LogP contribution is -2.39. The molecule has 0 aliphatic rings. The Morgan fingerprint density at radius 2 is 2.10 bits per heavy atom. The van der Waals surface area contributed by atoms with Gasteiger partial charge in [0.1, 0.15) is 11.8 Å². The Morgan fingerprint density at radius 1 is 1.38 bits per heavy atom. The van der Waals surface area contributed by atoms with E-state index < -0.39 is 12.4 Å². The fourth-order valence-electron chi connectivity index (χ4n) is 1.53. The molecule has 8 heteroatoms. The number of nitrogens with one attached hydrogen (secondary N) is 2. The van der Waals surface area contributed by atoms with E-state index in [-0.39, 0.29) is 11.7 Å². The highest BCUT2D eigenvalue weighted by molar-refractivity contribution is 5.84. The molecule has 1 aromatic rings. The SMILES string of the molecule is COCCNC(=O)C(C)Nc1cccc(OC(F)(F)F)c1. The number of alkyl halides is 3. The summed E-state index contributed by atoms with van der Waals surface area (Å²) in [6.07, 6.45) is -4.75. The van der Waals surface area contributed by atoms with Crippen LogP contribution in [0, 0.1) is 0 Å². The third-order valence-electron chi connectivity index (χ3n) is 2.45. The zero-order valence-electron chi connectivity index (χ0n) is 11.7. The van der Waals surface area contributed by atoms with Gasteiger partial charge in [-0.3, -0.25) is 4.79 Å². The predicted octanol–water partition coefficient (Wildman–Crippen LogP) is 2.15. The van der Waals surface area contributed by atoms with Gasteiger partial charge in [0.25, 0.3) is 0 Å². The van der Waals surface area contributed by atoms with Crippen LogP contribution in [0.4, 0.5) is 18.9 Å². The molecule has 0 radical (unpaired) electrons. The standard InChI is InChI=1S/C13H17F3N2O3/c1-9(12(19)17-6-7-20-2)18-10-4-3-5-11(8-10)21-13(14,15)16/h3-5,8-9,18H,6-7H2,1-2H3,(H,17,19). The molecule has 0 fully saturated rings. The van der Waals surface area contributed by atoms with Crippen LogP contribution in [0.1, 0.15) is 6.92 Å². The summed E-state index contributed by atoms with van der Waals surface area (Å²) in [6.45, 7) is 2.34. The highest BCUT2D eigenvalue weighted by Crippen LogP contribution is 2.25. The van der Waals surface area contributed by atoms with Gasteiger partial charge in [-0.15, -0.1) is 13.2 Å². The molecule has 1 unspecified atom stereocenters.